The van der Waals surface area contributed by atoms with E-state index in [-0.39, 0.29) is 27.0 Å². The summed E-state index contributed by atoms with van der Waals surface area (Å²) in [5, 5.41) is 3.47. The highest BCUT2D eigenvalue weighted by atomic mass is 35.5. The molecule has 3 aromatic carbocycles. The summed E-state index contributed by atoms with van der Waals surface area (Å²) < 4.78 is 5.37. The molecule has 0 atom stereocenters. The normalized spacial score (nSPS) is 13.8. The predicted octanol–water partition coefficient (Wildman–Crippen LogP) is 5.40. The molecule has 1 heterocycles. The molecule has 0 radical (unpaired) electrons. The Morgan fingerprint density at radius 3 is 2.27 bits per heavy atom. The summed E-state index contributed by atoms with van der Waals surface area (Å²) in [5.74, 6) is -0.487. The second-order valence-electron chi connectivity index (χ2n) is 6.46. The molecule has 4 rings (SSSR count). The zero-order chi connectivity index (χ0) is 21.3. The number of halogens is 2. The molecule has 0 saturated carbocycles. The standard InChI is InChI=1S/C23H16Cl2N2O3/c1-30-18-13-6-5-11-16(18)26-21-19(14-8-3-2-4-9-14)22(28)27(23(21)29)17-12-7-10-15(24)20(17)25/h2-13,26H,1H3. The lowest BCUT2D eigenvalue weighted by Crippen LogP contribution is -2.32. The summed E-state index contributed by atoms with van der Waals surface area (Å²) in [7, 11) is 1.53. The molecular formula is C23H16Cl2N2O3. The van der Waals surface area contributed by atoms with Crippen LogP contribution in [0.1, 0.15) is 5.56 Å². The molecule has 2 amide bonds. The van der Waals surface area contributed by atoms with Crippen LogP contribution in [0.15, 0.2) is 78.5 Å². The molecule has 5 nitrogen and oxygen atoms in total. The highest BCUT2D eigenvalue weighted by molar-refractivity contribution is 6.50. The second kappa shape index (κ2) is 8.22. The maximum Gasteiger partial charge on any atom is 0.282 e. The van der Waals surface area contributed by atoms with E-state index in [2.05, 4.69) is 5.32 Å². The van der Waals surface area contributed by atoms with Crippen molar-refractivity contribution in [3.05, 3.63) is 94.1 Å². The lowest BCUT2D eigenvalue weighted by molar-refractivity contribution is -0.120. The fourth-order valence-corrected chi connectivity index (χ4v) is 3.66. The van der Waals surface area contributed by atoms with Crippen molar-refractivity contribution in [1.29, 1.82) is 0 Å². The molecule has 1 aliphatic rings. The number of carbonyl (C=O) groups is 2. The molecule has 3 aromatic rings. The van der Waals surface area contributed by atoms with E-state index in [1.54, 1.807) is 60.7 Å². The van der Waals surface area contributed by atoms with Gasteiger partial charge in [-0.05, 0) is 29.8 Å². The van der Waals surface area contributed by atoms with E-state index >= 15 is 0 Å². The van der Waals surface area contributed by atoms with E-state index in [4.69, 9.17) is 27.9 Å². The monoisotopic (exact) mass is 438 g/mol. The third-order valence-corrected chi connectivity index (χ3v) is 5.49. The number of hydrogen-bond donors (Lipinski definition) is 1. The number of hydrogen-bond acceptors (Lipinski definition) is 4. The van der Waals surface area contributed by atoms with E-state index in [1.807, 2.05) is 12.1 Å². The smallest absolute Gasteiger partial charge is 0.282 e. The second-order valence-corrected chi connectivity index (χ2v) is 7.25. The lowest BCUT2D eigenvalue weighted by atomic mass is 10.0. The van der Waals surface area contributed by atoms with Gasteiger partial charge in [-0.25, -0.2) is 4.90 Å². The molecule has 1 N–H and O–H groups in total. The van der Waals surface area contributed by atoms with Gasteiger partial charge >= 0.3 is 0 Å². The van der Waals surface area contributed by atoms with Crippen LogP contribution >= 0.6 is 23.2 Å². The van der Waals surface area contributed by atoms with E-state index < -0.39 is 11.8 Å². The number of imide groups is 1. The van der Waals surface area contributed by atoms with Gasteiger partial charge in [-0.1, -0.05) is 71.7 Å². The van der Waals surface area contributed by atoms with Gasteiger partial charge in [-0.3, -0.25) is 9.59 Å². The van der Waals surface area contributed by atoms with E-state index in [9.17, 15) is 9.59 Å². The van der Waals surface area contributed by atoms with Crippen LogP contribution < -0.4 is 15.0 Å². The van der Waals surface area contributed by atoms with Crippen LogP contribution in [0.5, 0.6) is 5.75 Å². The summed E-state index contributed by atoms with van der Waals surface area (Å²) in [6, 6.07) is 20.9. The van der Waals surface area contributed by atoms with Crippen molar-refractivity contribution in [2.75, 3.05) is 17.3 Å². The number of ether oxygens (including phenoxy) is 1. The van der Waals surface area contributed by atoms with Crippen molar-refractivity contribution < 1.29 is 14.3 Å². The van der Waals surface area contributed by atoms with Crippen molar-refractivity contribution >= 4 is 52.0 Å². The van der Waals surface area contributed by atoms with Crippen molar-refractivity contribution in [2.24, 2.45) is 0 Å². The number of nitrogens with one attached hydrogen (secondary N) is 1. The van der Waals surface area contributed by atoms with E-state index in [0.29, 0.717) is 17.0 Å². The fraction of sp³-hybridized carbons (Fsp3) is 0.0435. The zero-order valence-electron chi connectivity index (χ0n) is 15.9. The number of amides is 2. The molecule has 150 valence electrons. The fourth-order valence-electron chi connectivity index (χ4n) is 3.28. The Morgan fingerprint density at radius 2 is 1.53 bits per heavy atom. The van der Waals surface area contributed by atoms with Gasteiger partial charge in [0, 0.05) is 0 Å². The first-order chi connectivity index (χ1) is 14.5. The molecular weight excluding hydrogens is 423 g/mol. The number of anilines is 2. The number of nitrogens with zero attached hydrogens (tertiary/aromatic N) is 1. The Morgan fingerprint density at radius 1 is 0.833 bits per heavy atom. The molecule has 0 bridgehead atoms. The third kappa shape index (κ3) is 3.43. The Labute approximate surface area is 183 Å². The molecule has 1 aliphatic heterocycles. The molecule has 0 aromatic heterocycles. The molecule has 0 spiro atoms. The van der Waals surface area contributed by atoms with Crippen LogP contribution in [0.2, 0.25) is 10.0 Å². The van der Waals surface area contributed by atoms with Crippen molar-refractivity contribution in [3.63, 3.8) is 0 Å². The first kappa shape index (κ1) is 20.0. The van der Waals surface area contributed by atoms with Gasteiger partial charge in [0.1, 0.15) is 11.4 Å². The van der Waals surface area contributed by atoms with E-state index in [1.165, 1.54) is 7.11 Å². The minimum absolute atomic E-state index is 0.131. The van der Waals surface area contributed by atoms with Crippen molar-refractivity contribution in [2.45, 2.75) is 0 Å². The van der Waals surface area contributed by atoms with Gasteiger partial charge < -0.3 is 10.1 Å². The van der Waals surface area contributed by atoms with Crippen LogP contribution in [-0.2, 0) is 9.59 Å². The van der Waals surface area contributed by atoms with Crippen LogP contribution in [0.25, 0.3) is 5.57 Å². The van der Waals surface area contributed by atoms with E-state index in [0.717, 1.165) is 4.90 Å². The van der Waals surface area contributed by atoms with Crippen molar-refractivity contribution in [3.8, 4) is 5.75 Å². The minimum atomic E-state index is -0.533. The predicted molar refractivity (Wildman–Crippen MR) is 119 cm³/mol. The largest absolute Gasteiger partial charge is 0.495 e. The van der Waals surface area contributed by atoms with Crippen LogP contribution in [0, 0.1) is 0 Å². The number of benzene rings is 3. The maximum atomic E-state index is 13.4. The lowest BCUT2D eigenvalue weighted by Gasteiger charge is -2.17. The molecule has 0 unspecified atom stereocenters. The first-order valence-corrected chi connectivity index (χ1v) is 9.81. The summed E-state index contributed by atoms with van der Waals surface area (Å²) in [6.07, 6.45) is 0. The van der Waals surface area contributed by atoms with Crippen LogP contribution in [0.3, 0.4) is 0 Å². The molecule has 0 fully saturated rings. The highest BCUT2D eigenvalue weighted by Gasteiger charge is 2.41. The van der Waals surface area contributed by atoms with Gasteiger partial charge in [-0.15, -0.1) is 0 Å². The number of carbonyl (C=O) groups excluding carboxylic acids is 2. The molecule has 0 saturated heterocycles. The van der Waals surface area contributed by atoms with Gasteiger partial charge in [-0.2, -0.15) is 0 Å². The molecule has 30 heavy (non-hydrogen) atoms. The summed E-state index contributed by atoms with van der Waals surface area (Å²) >= 11 is 12.4. The molecule has 0 aliphatic carbocycles. The van der Waals surface area contributed by atoms with Crippen molar-refractivity contribution in [1.82, 2.24) is 0 Å². The Balaban J connectivity index is 1.86. The first-order valence-electron chi connectivity index (χ1n) is 9.05. The summed E-state index contributed by atoms with van der Waals surface area (Å²) in [4.78, 5) is 27.9. The SMILES string of the molecule is COc1ccccc1NC1=C(c2ccccc2)C(=O)N(c2cccc(Cl)c2Cl)C1=O. The Bertz CT molecular complexity index is 1180. The van der Waals surface area contributed by atoms with Gasteiger partial charge in [0.05, 0.1) is 34.1 Å². The summed E-state index contributed by atoms with van der Waals surface area (Å²) in [5.41, 5.74) is 1.76. The van der Waals surface area contributed by atoms with Crippen LogP contribution in [0.4, 0.5) is 11.4 Å². The maximum absolute atomic E-state index is 13.4. The van der Waals surface area contributed by atoms with Gasteiger partial charge in [0.15, 0.2) is 0 Å². The minimum Gasteiger partial charge on any atom is -0.495 e. The average Bonchev–Trinajstić information content (AvgIpc) is 3.01. The van der Waals surface area contributed by atoms with Gasteiger partial charge in [0.25, 0.3) is 11.8 Å². The molecule has 7 heteroatoms. The third-order valence-electron chi connectivity index (χ3n) is 4.69. The highest BCUT2D eigenvalue weighted by Crippen LogP contribution is 2.39. The number of para-hydroxylation sites is 2. The topological polar surface area (TPSA) is 58.6 Å². The van der Waals surface area contributed by atoms with Gasteiger partial charge in [0.2, 0.25) is 0 Å². The average molecular weight is 439 g/mol. The number of methoxy groups -OCH3 is 1. The Hall–Kier alpha value is -3.28. The quantitative estimate of drug-likeness (QED) is 0.541. The van der Waals surface area contributed by atoms with Crippen LogP contribution in [-0.4, -0.2) is 18.9 Å². The Kier molecular flexibility index (Phi) is 5.48. The zero-order valence-corrected chi connectivity index (χ0v) is 17.4. The summed E-state index contributed by atoms with van der Waals surface area (Å²) in [6.45, 7) is 0. The number of rotatable bonds is 5.